The predicted octanol–water partition coefficient (Wildman–Crippen LogP) is 2.43. The molecule has 0 saturated carbocycles. The number of rotatable bonds is 6. The van der Waals surface area contributed by atoms with Gasteiger partial charge in [0.25, 0.3) is 0 Å². The molecule has 21 heavy (non-hydrogen) atoms. The molecule has 0 amide bonds. The second kappa shape index (κ2) is 8.52. The fraction of sp³-hybridized carbons (Fsp3) is 0.667. The number of aliphatic hydroxyl groups is 1. The van der Waals surface area contributed by atoms with E-state index < -0.39 is 6.10 Å². The molecular weight excluding hydrogens is 260 g/mol. The van der Waals surface area contributed by atoms with Gasteiger partial charge in [0.15, 0.2) is 0 Å². The summed E-state index contributed by atoms with van der Waals surface area (Å²) in [7, 11) is 0. The molecule has 1 fully saturated rings. The minimum Gasteiger partial charge on any atom is -0.390 e. The Morgan fingerprint density at radius 1 is 1.24 bits per heavy atom. The number of aliphatic hydroxyl groups excluding tert-OH is 1. The third-order valence-corrected chi connectivity index (χ3v) is 4.77. The minimum absolute atomic E-state index is 0.183. The lowest BCUT2D eigenvalue weighted by atomic mass is 9.98. The van der Waals surface area contributed by atoms with Gasteiger partial charge in [-0.05, 0) is 50.3 Å². The Kier molecular flexibility index (Phi) is 6.68. The first-order valence-corrected chi connectivity index (χ1v) is 8.39. The third-order valence-electron chi connectivity index (χ3n) is 4.77. The second-order valence-electron chi connectivity index (χ2n) is 6.43. The van der Waals surface area contributed by atoms with Crippen molar-refractivity contribution in [2.75, 3.05) is 19.6 Å². The van der Waals surface area contributed by atoms with Gasteiger partial charge in [-0.3, -0.25) is 0 Å². The molecule has 3 nitrogen and oxygen atoms in total. The number of benzene rings is 1. The van der Waals surface area contributed by atoms with Crippen LogP contribution in [0.25, 0.3) is 0 Å². The number of β-amino-alcohol motifs (C(OH)–C–C–N with tert-alkyl or cyclic N) is 1. The maximum atomic E-state index is 10.4. The van der Waals surface area contributed by atoms with Crippen molar-refractivity contribution in [2.45, 2.75) is 51.2 Å². The largest absolute Gasteiger partial charge is 0.390 e. The van der Waals surface area contributed by atoms with E-state index in [2.05, 4.69) is 24.0 Å². The number of hydrogen-bond donors (Lipinski definition) is 2. The molecule has 3 unspecified atom stereocenters. The Balaban J connectivity index is 1.79. The third kappa shape index (κ3) is 5.42. The smallest absolute Gasteiger partial charge is 0.0820 e. The monoisotopic (exact) mass is 290 g/mol. The standard InChI is InChI=1S/C18H30N2O/c1-2-15-9-6-11-20(12-10-15)14-18(21)17(19)13-16-7-4-3-5-8-16/h3-5,7-8,15,17-18,21H,2,6,9-14,19H2,1H3. The van der Waals surface area contributed by atoms with Gasteiger partial charge in [-0.15, -0.1) is 0 Å². The molecule has 0 radical (unpaired) electrons. The van der Waals surface area contributed by atoms with Crippen LogP contribution in [0.5, 0.6) is 0 Å². The lowest BCUT2D eigenvalue weighted by Gasteiger charge is -2.27. The molecule has 3 heteroatoms. The van der Waals surface area contributed by atoms with Crippen molar-refractivity contribution >= 4 is 0 Å². The molecule has 3 N–H and O–H groups in total. The Bertz CT molecular complexity index is 395. The minimum atomic E-state index is -0.441. The molecule has 2 rings (SSSR count). The lowest BCUT2D eigenvalue weighted by Crippen LogP contribution is -2.45. The first-order valence-electron chi connectivity index (χ1n) is 8.39. The summed E-state index contributed by atoms with van der Waals surface area (Å²) in [6.07, 6.45) is 5.43. The van der Waals surface area contributed by atoms with Gasteiger partial charge in [-0.2, -0.15) is 0 Å². The van der Waals surface area contributed by atoms with E-state index in [9.17, 15) is 5.11 Å². The summed E-state index contributed by atoms with van der Waals surface area (Å²) in [5, 5.41) is 10.4. The van der Waals surface area contributed by atoms with Crippen molar-refractivity contribution in [1.82, 2.24) is 4.90 Å². The van der Waals surface area contributed by atoms with Crippen LogP contribution in [0.4, 0.5) is 0 Å². The van der Waals surface area contributed by atoms with Crippen molar-refractivity contribution in [3.63, 3.8) is 0 Å². The van der Waals surface area contributed by atoms with Crippen LogP contribution < -0.4 is 5.73 Å². The maximum absolute atomic E-state index is 10.4. The topological polar surface area (TPSA) is 49.5 Å². The van der Waals surface area contributed by atoms with Crippen LogP contribution in [0.1, 0.15) is 38.2 Å². The predicted molar refractivity (Wildman–Crippen MR) is 88.2 cm³/mol. The van der Waals surface area contributed by atoms with Crippen LogP contribution in [0.2, 0.25) is 0 Å². The van der Waals surface area contributed by atoms with Crippen LogP contribution >= 0.6 is 0 Å². The zero-order chi connectivity index (χ0) is 15.1. The van der Waals surface area contributed by atoms with Crippen LogP contribution in [-0.2, 0) is 6.42 Å². The quantitative estimate of drug-likeness (QED) is 0.846. The highest BCUT2D eigenvalue weighted by Crippen LogP contribution is 2.20. The molecule has 0 spiro atoms. The lowest BCUT2D eigenvalue weighted by molar-refractivity contribution is 0.0918. The van der Waals surface area contributed by atoms with Gasteiger partial charge in [-0.1, -0.05) is 43.7 Å². The molecule has 0 aromatic heterocycles. The average Bonchev–Trinajstić information content (AvgIpc) is 2.73. The maximum Gasteiger partial charge on any atom is 0.0820 e. The zero-order valence-electron chi connectivity index (χ0n) is 13.2. The molecule has 118 valence electrons. The van der Waals surface area contributed by atoms with Crippen LogP contribution in [0.15, 0.2) is 30.3 Å². The SMILES string of the molecule is CCC1CCCN(CC(O)C(N)Cc2ccccc2)CC1. The van der Waals surface area contributed by atoms with E-state index in [1.165, 1.54) is 31.2 Å². The molecule has 1 heterocycles. The molecule has 1 aromatic carbocycles. The van der Waals surface area contributed by atoms with Gasteiger partial charge in [0.05, 0.1) is 6.10 Å². The van der Waals surface area contributed by atoms with E-state index in [4.69, 9.17) is 5.73 Å². The molecule has 1 aliphatic heterocycles. The number of likely N-dealkylation sites (tertiary alicyclic amines) is 1. The Hall–Kier alpha value is -0.900. The average molecular weight is 290 g/mol. The van der Waals surface area contributed by atoms with Gasteiger partial charge in [-0.25, -0.2) is 0 Å². The van der Waals surface area contributed by atoms with Gasteiger partial charge < -0.3 is 15.7 Å². The van der Waals surface area contributed by atoms with E-state index >= 15 is 0 Å². The van der Waals surface area contributed by atoms with E-state index in [1.807, 2.05) is 18.2 Å². The Morgan fingerprint density at radius 2 is 2.00 bits per heavy atom. The van der Waals surface area contributed by atoms with Crippen molar-refractivity contribution < 1.29 is 5.11 Å². The van der Waals surface area contributed by atoms with Crippen molar-refractivity contribution in [3.05, 3.63) is 35.9 Å². The fourth-order valence-electron chi connectivity index (χ4n) is 3.24. The summed E-state index contributed by atoms with van der Waals surface area (Å²) in [4.78, 5) is 2.39. The van der Waals surface area contributed by atoms with Gasteiger partial charge in [0.1, 0.15) is 0 Å². The van der Waals surface area contributed by atoms with Gasteiger partial charge in [0.2, 0.25) is 0 Å². The Labute approximate surface area is 129 Å². The highest BCUT2D eigenvalue weighted by molar-refractivity contribution is 5.16. The van der Waals surface area contributed by atoms with Gasteiger partial charge >= 0.3 is 0 Å². The van der Waals surface area contributed by atoms with Crippen molar-refractivity contribution in [1.29, 1.82) is 0 Å². The summed E-state index contributed by atoms with van der Waals surface area (Å²) in [5.74, 6) is 0.866. The molecule has 1 aromatic rings. The van der Waals surface area contributed by atoms with E-state index in [0.717, 1.165) is 25.4 Å². The molecular formula is C18H30N2O. The molecule has 0 aliphatic carbocycles. The van der Waals surface area contributed by atoms with Crippen molar-refractivity contribution in [2.24, 2.45) is 11.7 Å². The fourth-order valence-corrected chi connectivity index (χ4v) is 3.24. The molecule has 1 saturated heterocycles. The number of nitrogens with two attached hydrogens (primary N) is 1. The summed E-state index contributed by atoms with van der Waals surface area (Å²) >= 11 is 0. The molecule has 0 bridgehead atoms. The van der Waals surface area contributed by atoms with E-state index in [1.54, 1.807) is 0 Å². The van der Waals surface area contributed by atoms with E-state index in [-0.39, 0.29) is 6.04 Å². The van der Waals surface area contributed by atoms with Crippen molar-refractivity contribution in [3.8, 4) is 0 Å². The highest BCUT2D eigenvalue weighted by Gasteiger charge is 2.21. The first-order chi connectivity index (χ1) is 10.2. The highest BCUT2D eigenvalue weighted by atomic mass is 16.3. The second-order valence-corrected chi connectivity index (χ2v) is 6.43. The number of nitrogens with zero attached hydrogens (tertiary/aromatic N) is 1. The summed E-state index contributed by atoms with van der Waals surface area (Å²) in [5.41, 5.74) is 7.38. The normalized spacial score (nSPS) is 23.5. The van der Waals surface area contributed by atoms with Gasteiger partial charge in [0, 0.05) is 12.6 Å². The zero-order valence-corrected chi connectivity index (χ0v) is 13.2. The summed E-state index contributed by atoms with van der Waals surface area (Å²) < 4.78 is 0. The number of hydrogen-bond acceptors (Lipinski definition) is 3. The molecule has 1 aliphatic rings. The van der Waals surface area contributed by atoms with Crippen LogP contribution in [0.3, 0.4) is 0 Å². The first kappa shape index (κ1) is 16.5. The van der Waals surface area contributed by atoms with Crippen LogP contribution in [0, 0.1) is 5.92 Å². The van der Waals surface area contributed by atoms with Crippen LogP contribution in [-0.4, -0.2) is 41.8 Å². The molecule has 3 atom stereocenters. The summed E-state index contributed by atoms with van der Waals surface area (Å²) in [6.45, 7) is 5.20. The van der Waals surface area contributed by atoms with E-state index in [0.29, 0.717) is 6.54 Å². The Morgan fingerprint density at radius 3 is 2.71 bits per heavy atom. The summed E-state index contributed by atoms with van der Waals surface area (Å²) in [6, 6.07) is 10.0.